The summed E-state index contributed by atoms with van der Waals surface area (Å²) in [5.74, 6) is 0. The Morgan fingerprint density at radius 3 is 1.59 bits per heavy atom. The van der Waals surface area contributed by atoms with E-state index in [-0.39, 0.29) is 5.41 Å². The van der Waals surface area contributed by atoms with Gasteiger partial charge < -0.3 is 4.90 Å². The molecular weight excluding hydrogens is 651 g/mol. The van der Waals surface area contributed by atoms with Gasteiger partial charge in [-0.3, -0.25) is 0 Å². The standard InChI is InChI=1S/C53H39N/c1-53(2)49-22-9-8-19-47(49)52-50(53)23-12-24-51(52)54(42-31-27-39(28-32-42)45-20-10-16-37-15-6-7-18-44(37)45)43-33-29-40(30-34-43)46-21-11-17-38-25-26-41(35-48(38)46)36-13-4-3-5-14-36/h3-35H,1-2H3. The molecule has 54 heavy (non-hydrogen) atoms. The van der Waals surface area contributed by atoms with Gasteiger partial charge in [-0.15, -0.1) is 0 Å². The minimum absolute atomic E-state index is 0.0946. The topological polar surface area (TPSA) is 3.24 Å². The summed E-state index contributed by atoms with van der Waals surface area (Å²) in [6.07, 6.45) is 0. The van der Waals surface area contributed by atoms with Crippen LogP contribution in [-0.4, -0.2) is 0 Å². The Kier molecular flexibility index (Phi) is 7.56. The van der Waals surface area contributed by atoms with Crippen molar-refractivity contribution in [2.75, 3.05) is 4.90 Å². The molecule has 0 spiro atoms. The van der Waals surface area contributed by atoms with Crippen molar-refractivity contribution in [3.05, 3.63) is 211 Å². The fourth-order valence-electron chi connectivity index (χ4n) is 8.74. The minimum Gasteiger partial charge on any atom is -0.310 e. The number of benzene rings is 9. The second-order valence-electron chi connectivity index (χ2n) is 14.9. The summed E-state index contributed by atoms with van der Waals surface area (Å²) >= 11 is 0. The lowest BCUT2D eigenvalue weighted by molar-refractivity contribution is 0.660. The summed E-state index contributed by atoms with van der Waals surface area (Å²) in [6, 6.07) is 73.4. The van der Waals surface area contributed by atoms with Crippen LogP contribution in [0.5, 0.6) is 0 Å². The Bertz CT molecular complexity index is 2820. The Hall–Kier alpha value is -6.70. The predicted molar refractivity (Wildman–Crippen MR) is 230 cm³/mol. The molecule has 0 N–H and O–H groups in total. The molecule has 9 aromatic rings. The van der Waals surface area contributed by atoms with Crippen LogP contribution in [0.4, 0.5) is 17.1 Å². The molecule has 0 aliphatic heterocycles. The summed E-state index contributed by atoms with van der Waals surface area (Å²) in [6.45, 7) is 4.71. The highest BCUT2D eigenvalue weighted by molar-refractivity contribution is 6.01. The fraction of sp³-hybridized carbons (Fsp3) is 0.0566. The largest absolute Gasteiger partial charge is 0.310 e. The summed E-state index contributed by atoms with van der Waals surface area (Å²) in [5.41, 5.74) is 16.0. The van der Waals surface area contributed by atoms with Crippen LogP contribution in [0.1, 0.15) is 25.0 Å². The molecule has 0 amide bonds. The molecule has 0 saturated heterocycles. The Balaban J connectivity index is 1.11. The molecule has 9 aromatic carbocycles. The molecule has 1 nitrogen and oxygen atoms in total. The lowest BCUT2D eigenvalue weighted by atomic mass is 9.82. The maximum absolute atomic E-state index is 2.45. The predicted octanol–water partition coefficient (Wildman–Crippen LogP) is 14.8. The first kappa shape index (κ1) is 32.0. The van der Waals surface area contributed by atoms with Crippen molar-refractivity contribution in [1.82, 2.24) is 0 Å². The van der Waals surface area contributed by atoms with Crippen molar-refractivity contribution in [2.24, 2.45) is 0 Å². The summed E-state index contributed by atoms with van der Waals surface area (Å²) in [7, 11) is 0. The quantitative estimate of drug-likeness (QED) is 0.168. The van der Waals surface area contributed by atoms with Gasteiger partial charge in [-0.25, -0.2) is 0 Å². The third-order valence-electron chi connectivity index (χ3n) is 11.5. The van der Waals surface area contributed by atoms with E-state index in [2.05, 4.69) is 219 Å². The molecule has 0 radical (unpaired) electrons. The van der Waals surface area contributed by atoms with Crippen LogP contribution in [0, 0.1) is 0 Å². The zero-order valence-electron chi connectivity index (χ0n) is 30.5. The Labute approximate surface area is 317 Å². The first-order chi connectivity index (χ1) is 26.5. The van der Waals surface area contributed by atoms with Crippen LogP contribution < -0.4 is 4.90 Å². The van der Waals surface area contributed by atoms with Crippen LogP contribution in [0.3, 0.4) is 0 Å². The van der Waals surface area contributed by atoms with Crippen LogP contribution in [0.15, 0.2) is 200 Å². The molecule has 0 fully saturated rings. The lowest BCUT2D eigenvalue weighted by Crippen LogP contribution is -2.16. The average molecular weight is 690 g/mol. The number of rotatable bonds is 6. The van der Waals surface area contributed by atoms with Gasteiger partial charge in [-0.1, -0.05) is 178 Å². The SMILES string of the molecule is CC1(C)c2ccccc2-c2c(N(c3ccc(-c4cccc5ccccc45)cc3)c3ccc(-c4cccc5ccc(-c6ccccc6)cc45)cc3)cccc21. The molecule has 1 heteroatoms. The van der Waals surface area contributed by atoms with E-state index in [0.29, 0.717) is 0 Å². The zero-order chi connectivity index (χ0) is 36.2. The van der Waals surface area contributed by atoms with Gasteiger partial charge in [0.2, 0.25) is 0 Å². The number of nitrogens with zero attached hydrogens (tertiary/aromatic N) is 1. The number of anilines is 3. The van der Waals surface area contributed by atoms with Crippen LogP contribution >= 0.6 is 0 Å². The fourth-order valence-corrected chi connectivity index (χ4v) is 8.74. The molecule has 256 valence electrons. The summed E-state index contributed by atoms with van der Waals surface area (Å²) in [4.78, 5) is 2.45. The molecule has 10 rings (SSSR count). The third kappa shape index (κ3) is 5.24. The summed E-state index contributed by atoms with van der Waals surface area (Å²) in [5, 5.41) is 5.02. The first-order valence-electron chi connectivity index (χ1n) is 18.8. The summed E-state index contributed by atoms with van der Waals surface area (Å²) < 4.78 is 0. The van der Waals surface area contributed by atoms with Gasteiger partial charge in [-0.05, 0) is 108 Å². The first-order valence-corrected chi connectivity index (χ1v) is 18.8. The van der Waals surface area contributed by atoms with Crippen molar-refractivity contribution in [1.29, 1.82) is 0 Å². The van der Waals surface area contributed by atoms with E-state index in [0.717, 1.165) is 11.4 Å². The van der Waals surface area contributed by atoms with Crippen molar-refractivity contribution in [3.63, 3.8) is 0 Å². The monoisotopic (exact) mass is 689 g/mol. The number of hydrogen-bond acceptors (Lipinski definition) is 1. The van der Waals surface area contributed by atoms with E-state index >= 15 is 0 Å². The molecule has 0 unspecified atom stereocenters. The van der Waals surface area contributed by atoms with Crippen molar-refractivity contribution in [2.45, 2.75) is 19.3 Å². The zero-order valence-corrected chi connectivity index (χ0v) is 30.5. The molecule has 0 atom stereocenters. The van der Waals surface area contributed by atoms with Crippen molar-refractivity contribution < 1.29 is 0 Å². The van der Waals surface area contributed by atoms with Crippen molar-refractivity contribution in [3.8, 4) is 44.5 Å². The van der Waals surface area contributed by atoms with E-state index in [1.54, 1.807) is 0 Å². The van der Waals surface area contributed by atoms with Gasteiger partial charge in [-0.2, -0.15) is 0 Å². The highest BCUT2D eigenvalue weighted by Gasteiger charge is 2.37. The number of fused-ring (bicyclic) bond motifs is 5. The molecule has 1 aliphatic rings. The van der Waals surface area contributed by atoms with Gasteiger partial charge in [0.15, 0.2) is 0 Å². The maximum Gasteiger partial charge on any atom is 0.0543 e. The van der Waals surface area contributed by atoms with E-state index in [1.807, 2.05) is 0 Å². The van der Waals surface area contributed by atoms with Gasteiger partial charge in [0.05, 0.1) is 5.69 Å². The average Bonchev–Trinajstić information content (AvgIpc) is 3.47. The van der Waals surface area contributed by atoms with Crippen LogP contribution in [0.25, 0.3) is 66.1 Å². The smallest absolute Gasteiger partial charge is 0.0543 e. The normalized spacial score (nSPS) is 12.8. The molecular formula is C53H39N. The van der Waals surface area contributed by atoms with Crippen LogP contribution in [0.2, 0.25) is 0 Å². The molecule has 0 heterocycles. The second-order valence-corrected chi connectivity index (χ2v) is 14.9. The Morgan fingerprint density at radius 1 is 0.352 bits per heavy atom. The molecule has 0 bridgehead atoms. The minimum atomic E-state index is -0.0946. The highest BCUT2D eigenvalue weighted by atomic mass is 15.1. The molecule has 0 saturated carbocycles. The van der Waals surface area contributed by atoms with E-state index in [9.17, 15) is 0 Å². The van der Waals surface area contributed by atoms with Crippen LogP contribution in [-0.2, 0) is 5.41 Å². The van der Waals surface area contributed by atoms with Gasteiger partial charge in [0, 0.05) is 22.4 Å². The molecule has 1 aliphatic carbocycles. The highest BCUT2D eigenvalue weighted by Crippen LogP contribution is 2.54. The van der Waals surface area contributed by atoms with Gasteiger partial charge in [0.25, 0.3) is 0 Å². The van der Waals surface area contributed by atoms with Gasteiger partial charge >= 0.3 is 0 Å². The second kappa shape index (κ2) is 12.8. The maximum atomic E-state index is 2.45. The number of hydrogen-bond donors (Lipinski definition) is 0. The lowest BCUT2D eigenvalue weighted by Gasteiger charge is -2.29. The van der Waals surface area contributed by atoms with Crippen molar-refractivity contribution >= 4 is 38.6 Å². The van der Waals surface area contributed by atoms with E-state index < -0.39 is 0 Å². The third-order valence-corrected chi connectivity index (χ3v) is 11.5. The van der Waals surface area contributed by atoms with E-state index in [4.69, 9.17) is 0 Å². The Morgan fingerprint density at radius 2 is 0.870 bits per heavy atom. The van der Waals surface area contributed by atoms with E-state index in [1.165, 1.54) is 82.9 Å². The van der Waals surface area contributed by atoms with Gasteiger partial charge in [0.1, 0.15) is 0 Å². The molecule has 0 aromatic heterocycles.